The van der Waals surface area contributed by atoms with Crippen LogP contribution in [-0.2, 0) is 22.6 Å². The van der Waals surface area contributed by atoms with E-state index in [0.29, 0.717) is 24.1 Å². The van der Waals surface area contributed by atoms with Crippen LogP contribution >= 0.6 is 0 Å². The van der Waals surface area contributed by atoms with Crippen LogP contribution in [0.15, 0.2) is 24.3 Å². The van der Waals surface area contributed by atoms with Crippen molar-refractivity contribution in [1.82, 2.24) is 15.0 Å². The van der Waals surface area contributed by atoms with Gasteiger partial charge in [0.2, 0.25) is 0 Å². The summed E-state index contributed by atoms with van der Waals surface area (Å²) in [6.45, 7) is 0.683. The highest BCUT2D eigenvalue weighted by molar-refractivity contribution is 5.89. The van der Waals surface area contributed by atoms with E-state index in [1.807, 2.05) is 0 Å². The first-order chi connectivity index (χ1) is 10.2. The van der Waals surface area contributed by atoms with Crippen LogP contribution in [0.25, 0.3) is 0 Å². The van der Waals surface area contributed by atoms with Crippen molar-refractivity contribution in [2.75, 3.05) is 14.2 Å². The van der Waals surface area contributed by atoms with E-state index in [-0.39, 0.29) is 18.3 Å². The Kier molecular flexibility index (Phi) is 4.78. The molecule has 1 aromatic carbocycles. The monoisotopic (exact) mass is 289 g/mol. The molecule has 1 aromatic heterocycles. The Morgan fingerprint density at radius 1 is 1.29 bits per heavy atom. The lowest BCUT2D eigenvalue weighted by molar-refractivity contribution is 0.0600. The van der Waals surface area contributed by atoms with Crippen LogP contribution in [0.5, 0.6) is 0 Å². The first-order valence-electron chi connectivity index (χ1n) is 6.23. The Labute approximate surface area is 121 Å². The van der Waals surface area contributed by atoms with Gasteiger partial charge in [0.15, 0.2) is 12.0 Å². The molecule has 0 spiro atoms. The fourth-order valence-corrected chi connectivity index (χ4v) is 1.89. The highest BCUT2D eigenvalue weighted by Gasteiger charge is 2.12. The van der Waals surface area contributed by atoms with Crippen molar-refractivity contribution in [1.29, 1.82) is 0 Å². The summed E-state index contributed by atoms with van der Waals surface area (Å²) in [5.41, 5.74) is 2.28. The Bertz CT molecular complexity index is 634. The Hall–Kier alpha value is -2.54. The summed E-state index contributed by atoms with van der Waals surface area (Å²) < 4.78 is 11.3. The third kappa shape index (κ3) is 3.32. The summed E-state index contributed by atoms with van der Waals surface area (Å²) in [7, 11) is 2.88. The first-order valence-corrected chi connectivity index (χ1v) is 6.23. The van der Waals surface area contributed by atoms with Crippen molar-refractivity contribution in [3.63, 3.8) is 0 Å². The molecule has 7 heteroatoms. The topological polar surface area (TPSA) is 83.3 Å². The maximum atomic E-state index is 11.4. The van der Waals surface area contributed by atoms with E-state index >= 15 is 0 Å². The van der Waals surface area contributed by atoms with E-state index in [0.717, 1.165) is 5.56 Å². The van der Waals surface area contributed by atoms with Gasteiger partial charge in [-0.25, -0.2) is 9.48 Å². The molecule has 21 heavy (non-hydrogen) atoms. The van der Waals surface area contributed by atoms with Gasteiger partial charge in [0.1, 0.15) is 0 Å². The largest absolute Gasteiger partial charge is 0.465 e. The summed E-state index contributed by atoms with van der Waals surface area (Å²) >= 11 is 0. The van der Waals surface area contributed by atoms with E-state index in [2.05, 4.69) is 15.0 Å². The summed E-state index contributed by atoms with van der Waals surface area (Å²) in [6, 6.07) is 6.94. The van der Waals surface area contributed by atoms with E-state index in [4.69, 9.17) is 4.74 Å². The molecule has 0 saturated carbocycles. The minimum absolute atomic E-state index is 0.251. The number of aldehydes is 1. The van der Waals surface area contributed by atoms with Crippen LogP contribution < -0.4 is 0 Å². The number of nitrogens with zero attached hydrogens (tertiary/aromatic N) is 3. The molecule has 1 heterocycles. The number of aromatic nitrogens is 3. The number of rotatable bonds is 6. The molecule has 2 aromatic rings. The van der Waals surface area contributed by atoms with Gasteiger partial charge < -0.3 is 9.47 Å². The normalized spacial score (nSPS) is 10.4. The molecule has 2 rings (SSSR count). The van der Waals surface area contributed by atoms with Gasteiger partial charge >= 0.3 is 5.97 Å². The predicted octanol–water partition coefficient (Wildman–Crippen LogP) is 1.07. The zero-order chi connectivity index (χ0) is 15.2. The van der Waals surface area contributed by atoms with Crippen LogP contribution in [0.2, 0.25) is 0 Å². The number of hydrogen-bond acceptors (Lipinski definition) is 6. The summed E-state index contributed by atoms with van der Waals surface area (Å²) in [6.07, 6.45) is 0.651. The first kappa shape index (κ1) is 14.9. The molecule has 7 nitrogen and oxygen atoms in total. The number of hydrogen-bond donors (Lipinski definition) is 0. The van der Waals surface area contributed by atoms with Gasteiger partial charge in [-0.3, -0.25) is 4.79 Å². The van der Waals surface area contributed by atoms with Gasteiger partial charge in [-0.05, 0) is 17.7 Å². The Morgan fingerprint density at radius 2 is 2.00 bits per heavy atom. The van der Waals surface area contributed by atoms with Gasteiger partial charge in [-0.1, -0.05) is 17.3 Å². The van der Waals surface area contributed by atoms with E-state index in [1.165, 1.54) is 14.2 Å². The van der Waals surface area contributed by atoms with E-state index in [9.17, 15) is 9.59 Å². The van der Waals surface area contributed by atoms with Gasteiger partial charge in [0.25, 0.3) is 0 Å². The standard InChI is InChI=1S/C14H15N3O4/c1-20-9-13-12(8-18)15-16-17(13)7-10-3-5-11(6-4-10)14(19)21-2/h3-6,8H,7,9H2,1-2H3. The van der Waals surface area contributed by atoms with Crippen LogP contribution in [-0.4, -0.2) is 41.5 Å². The van der Waals surface area contributed by atoms with Crippen molar-refractivity contribution in [2.24, 2.45) is 0 Å². The third-order valence-electron chi connectivity index (χ3n) is 2.97. The lowest BCUT2D eigenvalue weighted by atomic mass is 10.1. The predicted molar refractivity (Wildman–Crippen MR) is 73.0 cm³/mol. The summed E-state index contributed by atoms with van der Waals surface area (Å²) in [5.74, 6) is -0.384. The lowest BCUT2D eigenvalue weighted by Gasteiger charge is -2.07. The van der Waals surface area contributed by atoms with Crippen LogP contribution in [0.3, 0.4) is 0 Å². The molecule has 0 aliphatic rings. The Balaban J connectivity index is 2.20. The maximum Gasteiger partial charge on any atom is 0.337 e. The van der Waals surface area contributed by atoms with Crippen LogP contribution in [0, 0.1) is 0 Å². The van der Waals surface area contributed by atoms with Crippen molar-refractivity contribution < 1.29 is 19.1 Å². The number of ether oxygens (including phenoxy) is 2. The van der Waals surface area contributed by atoms with Gasteiger partial charge in [0.05, 0.1) is 31.5 Å². The fourth-order valence-electron chi connectivity index (χ4n) is 1.89. The fraction of sp³-hybridized carbons (Fsp3) is 0.286. The zero-order valence-corrected chi connectivity index (χ0v) is 11.8. The second kappa shape index (κ2) is 6.76. The minimum atomic E-state index is -0.384. The van der Waals surface area contributed by atoms with Crippen molar-refractivity contribution in [3.05, 3.63) is 46.8 Å². The molecule has 0 unspecified atom stereocenters. The average Bonchev–Trinajstić information content (AvgIpc) is 2.90. The number of methoxy groups -OCH3 is 2. The highest BCUT2D eigenvalue weighted by atomic mass is 16.5. The molecule has 0 saturated heterocycles. The molecule has 110 valence electrons. The van der Waals surface area contributed by atoms with Crippen molar-refractivity contribution in [2.45, 2.75) is 13.2 Å². The average molecular weight is 289 g/mol. The maximum absolute atomic E-state index is 11.4. The molecule has 0 fully saturated rings. The summed E-state index contributed by atoms with van der Waals surface area (Å²) in [4.78, 5) is 22.3. The molecule has 0 bridgehead atoms. The number of esters is 1. The number of benzene rings is 1. The van der Waals surface area contributed by atoms with Gasteiger partial charge in [0, 0.05) is 7.11 Å². The summed E-state index contributed by atoms with van der Waals surface area (Å²) in [5, 5.41) is 7.74. The van der Waals surface area contributed by atoms with Gasteiger partial charge in [-0.2, -0.15) is 0 Å². The lowest BCUT2D eigenvalue weighted by Crippen LogP contribution is -2.09. The molecular weight excluding hydrogens is 274 g/mol. The van der Waals surface area contributed by atoms with Crippen molar-refractivity contribution in [3.8, 4) is 0 Å². The van der Waals surface area contributed by atoms with Crippen LogP contribution in [0.4, 0.5) is 0 Å². The smallest absolute Gasteiger partial charge is 0.337 e. The highest BCUT2D eigenvalue weighted by Crippen LogP contribution is 2.11. The Morgan fingerprint density at radius 3 is 2.57 bits per heavy atom. The zero-order valence-electron chi connectivity index (χ0n) is 11.8. The number of carbonyl (C=O) groups excluding carboxylic acids is 2. The molecule has 0 atom stereocenters. The van der Waals surface area contributed by atoms with E-state index < -0.39 is 0 Å². The van der Waals surface area contributed by atoms with Crippen LogP contribution in [0.1, 0.15) is 32.1 Å². The third-order valence-corrected chi connectivity index (χ3v) is 2.97. The molecule has 0 aliphatic heterocycles. The molecular formula is C14H15N3O4. The quantitative estimate of drug-likeness (QED) is 0.584. The molecule has 0 amide bonds. The number of carbonyl (C=O) groups is 2. The van der Waals surface area contributed by atoms with Crippen molar-refractivity contribution >= 4 is 12.3 Å². The second-order valence-corrected chi connectivity index (χ2v) is 4.32. The van der Waals surface area contributed by atoms with Gasteiger partial charge in [-0.15, -0.1) is 5.10 Å². The molecule has 0 radical (unpaired) electrons. The minimum Gasteiger partial charge on any atom is -0.465 e. The molecule has 0 N–H and O–H groups in total. The second-order valence-electron chi connectivity index (χ2n) is 4.32. The van der Waals surface area contributed by atoms with E-state index in [1.54, 1.807) is 28.9 Å². The SMILES string of the molecule is COCc1c(C=O)nnn1Cc1ccc(C(=O)OC)cc1. The molecule has 0 aliphatic carbocycles.